The van der Waals surface area contributed by atoms with Crippen molar-refractivity contribution in [1.29, 1.82) is 0 Å². The minimum absolute atomic E-state index is 0.758. The minimum Gasteiger partial charge on any atom is -0.494 e. The number of ether oxygens (including phenoxy) is 2. The van der Waals surface area contributed by atoms with Crippen LogP contribution in [0.4, 0.5) is 11.4 Å². The maximum atomic E-state index is 5.74. The van der Waals surface area contributed by atoms with Crippen molar-refractivity contribution < 1.29 is 9.47 Å². The van der Waals surface area contributed by atoms with Gasteiger partial charge in [-0.2, -0.15) is 0 Å². The third-order valence-electron chi connectivity index (χ3n) is 4.74. The van der Waals surface area contributed by atoms with E-state index in [1.165, 1.54) is 0 Å². The van der Waals surface area contributed by atoms with E-state index < -0.39 is 0 Å². The van der Waals surface area contributed by atoms with E-state index >= 15 is 0 Å². The zero-order chi connectivity index (χ0) is 21.6. The molecule has 0 aliphatic rings. The van der Waals surface area contributed by atoms with E-state index in [0.29, 0.717) is 0 Å². The summed E-state index contributed by atoms with van der Waals surface area (Å²) in [4.78, 5) is 9.71. The van der Waals surface area contributed by atoms with Gasteiger partial charge in [0.25, 0.3) is 0 Å². The van der Waals surface area contributed by atoms with Crippen LogP contribution in [-0.4, -0.2) is 24.6 Å². The molecule has 4 heteroatoms. The third kappa shape index (κ3) is 8.02. The molecule has 0 amide bonds. The molecule has 2 aromatic carbocycles. The average molecular weight is 409 g/mol. The highest BCUT2D eigenvalue weighted by atomic mass is 16.5. The van der Waals surface area contributed by atoms with Gasteiger partial charge in [-0.3, -0.25) is 9.98 Å². The maximum Gasteiger partial charge on any atom is 0.119 e. The first-order valence-corrected chi connectivity index (χ1v) is 11.3. The molecule has 0 fully saturated rings. The van der Waals surface area contributed by atoms with E-state index in [2.05, 4.69) is 27.7 Å². The van der Waals surface area contributed by atoms with Gasteiger partial charge in [-0.15, -0.1) is 0 Å². The standard InChI is InChI=1S/C26H36N2O2/c1-5-9-19-29-23-15-11-21(12-16-23)27-25(7-3)26(8-4)28-22-13-17-24(18-14-22)30-20-10-6-2/h11-18H,5-10,19-20H2,1-4H3. The second kappa shape index (κ2) is 13.6. The lowest BCUT2D eigenvalue weighted by Crippen LogP contribution is -2.11. The summed E-state index contributed by atoms with van der Waals surface area (Å²) < 4.78 is 11.5. The molecule has 0 atom stereocenters. The minimum atomic E-state index is 0.758. The Morgan fingerprint density at radius 1 is 0.600 bits per heavy atom. The highest BCUT2D eigenvalue weighted by Crippen LogP contribution is 2.22. The summed E-state index contributed by atoms with van der Waals surface area (Å²) in [6.07, 6.45) is 6.08. The van der Waals surface area contributed by atoms with E-state index in [0.717, 1.165) is 86.0 Å². The highest BCUT2D eigenvalue weighted by molar-refractivity contribution is 6.43. The number of unbranched alkanes of at least 4 members (excludes halogenated alkanes) is 2. The number of hydrogen-bond acceptors (Lipinski definition) is 4. The second-order valence-electron chi connectivity index (χ2n) is 7.22. The Kier molecular flexibility index (Phi) is 10.7. The van der Waals surface area contributed by atoms with Gasteiger partial charge in [0.05, 0.1) is 36.0 Å². The fraction of sp³-hybridized carbons (Fsp3) is 0.462. The molecule has 0 saturated carbocycles. The summed E-state index contributed by atoms with van der Waals surface area (Å²) in [6.45, 7) is 10.1. The van der Waals surface area contributed by atoms with Crippen LogP contribution in [-0.2, 0) is 0 Å². The van der Waals surface area contributed by atoms with E-state index in [-0.39, 0.29) is 0 Å². The molecule has 0 unspecified atom stereocenters. The molecule has 0 bridgehead atoms. The molecule has 2 aromatic rings. The number of rotatable bonds is 13. The van der Waals surface area contributed by atoms with Crippen LogP contribution in [0.1, 0.15) is 66.2 Å². The Hall–Kier alpha value is -2.62. The van der Waals surface area contributed by atoms with Gasteiger partial charge < -0.3 is 9.47 Å². The van der Waals surface area contributed by atoms with Gasteiger partial charge in [0.2, 0.25) is 0 Å². The molecular formula is C26H36N2O2. The molecule has 0 heterocycles. The van der Waals surface area contributed by atoms with Crippen LogP contribution < -0.4 is 9.47 Å². The van der Waals surface area contributed by atoms with Gasteiger partial charge in [-0.05, 0) is 74.2 Å². The fourth-order valence-corrected chi connectivity index (χ4v) is 2.91. The molecule has 0 aliphatic heterocycles. The predicted molar refractivity (Wildman–Crippen MR) is 128 cm³/mol. The van der Waals surface area contributed by atoms with Crippen molar-refractivity contribution in [3.8, 4) is 11.5 Å². The molecule has 0 spiro atoms. The summed E-state index contributed by atoms with van der Waals surface area (Å²) in [5.41, 5.74) is 3.88. The number of aliphatic imine (C=N–C) groups is 2. The highest BCUT2D eigenvalue weighted by Gasteiger charge is 2.07. The van der Waals surface area contributed by atoms with Crippen LogP contribution in [0.25, 0.3) is 0 Å². The van der Waals surface area contributed by atoms with Crippen LogP contribution in [0, 0.1) is 0 Å². The van der Waals surface area contributed by atoms with Gasteiger partial charge in [-0.1, -0.05) is 40.5 Å². The zero-order valence-electron chi connectivity index (χ0n) is 19.0. The van der Waals surface area contributed by atoms with Gasteiger partial charge in [-0.25, -0.2) is 0 Å². The number of hydrogen-bond donors (Lipinski definition) is 0. The Morgan fingerprint density at radius 3 is 1.27 bits per heavy atom. The molecule has 0 radical (unpaired) electrons. The lowest BCUT2D eigenvalue weighted by Gasteiger charge is -2.09. The first kappa shape index (κ1) is 23.7. The monoisotopic (exact) mass is 408 g/mol. The molecule has 0 N–H and O–H groups in total. The van der Waals surface area contributed by atoms with Crippen molar-refractivity contribution in [3.05, 3.63) is 48.5 Å². The Labute approximate surface area is 182 Å². The fourth-order valence-electron chi connectivity index (χ4n) is 2.91. The Balaban J connectivity index is 2.10. The number of benzene rings is 2. The molecule has 30 heavy (non-hydrogen) atoms. The van der Waals surface area contributed by atoms with Gasteiger partial charge in [0.15, 0.2) is 0 Å². The molecule has 4 nitrogen and oxygen atoms in total. The van der Waals surface area contributed by atoms with Crippen LogP contribution in [0.2, 0.25) is 0 Å². The van der Waals surface area contributed by atoms with E-state index in [9.17, 15) is 0 Å². The molecule has 2 rings (SSSR count). The SMILES string of the molecule is CCCCOc1ccc(N=C(CC)C(CC)=Nc2ccc(OCCCC)cc2)cc1. The lowest BCUT2D eigenvalue weighted by atomic mass is 10.1. The summed E-state index contributed by atoms with van der Waals surface area (Å²) in [5, 5.41) is 0. The van der Waals surface area contributed by atoms with Gasteiger partial charge >= 0.3 is 0 Å². The average Bonchev–Trinajstić information content (AvgIpc) is 2.78. The summed E-state index contributed by atoms with van der Waals surface area (Å²) >= 11 is 0. The number of nitrogens with zero attached hydrogens (tertiary/aromatic N) is 2. The summed E-state index contributed by atoms with van der Waals surface area (Å²) in [5.74, 6) is 1.79. The maximum absolute atomic E-state index is 5.74. The first-order valence-electron chi connectivity index (χ1n) is 11.3. The molecule has 0 saturated heterocycles. The van der Waals surface area contributed by atoms with Gasteiger partial charge in [0, 0.05) is 0 Å². The molecular weight excluding hydrogens is 372 g/mol. The normalized spacial score (nSPS) is 12.1. The van der Waals surface area contributed by atoms with Crippen molar-refractivity contribution in [2.24, 2.45) is 9.98 Å². The van der Waals surface area contributed by atoms with Crippen molar-refractivity contribution >= 4 is 22.8 Å². The van der Waals surface area contributed by atoms with E-state index in [4.69, 9.17) is 19.5 Å². The summed E-state index contributed by atoms with van der Waals surface area (Å²) in [7, 11) is 0. The van der Waals surface area contributed by atoms with Crippen LogP contribution in [0.5, 0.6) is 11.5 Å². The van der Waals surface area contributed by atoms with Crippen molar-refractivity contribution in [2.45, 2.75) is 66.2 Å². The zero-order valence-corrected chi connectivity index (χ0v) is 19.0. The van der Waals surface area contributed by atoms with E-state index in [1.54, 1.807) is 0 Å². The molecule has 0 aliphatic carbocycles. The van der Waals surface area contributed by atoms with Crippen LogP contribution >= 0.6 is 0 Å². The largest absolute Gasteiger partial charge is 0.494 e. The van der Waals surface area contributed by atoms with Crippen molar-refractivity contribution in [1.82, 2.24) is 0 Å². The predicted octanol–water partition coefficient (Wildman–Crippen LogP) is 7.71. The van der Waals surface area contributed by atoms with Crippen LogP contribution in [0.15, 0.2) is 58.5 Å². The summed E-state index contributed by atoms with van der Waals surface area (Å²) in [6, 6.07) is 16.0. The Morgan fingerprint density at radius 2 is 0.967 bits per heavy atom. The third-order valence-corrected chi connectivity index (χ3v) is 4.74. The molecule has 0 aromatic heterocycles. The second-order valence-corrected chi connectivity index (χ2v) is 7.22. The van der Waals surface area contributed by atoms with Crippen LogP contribution in [0.3, 0.4) is 0 Å². The topological polar surface area (TPSA) is 43.2 Å². The first-order chi connectivity index (χ1) is 14.7. The smallest absolute Gasteiger partial charge is 0.119 e. The van der Waals surface area contributed by atoms with Gasteiger partial charge in [0.1, 0.15) is 11.5 Å². The van der Waals surface area contributed by atoms with Crippen molar-refractivity contribution in [2.75, 3.05) is 13.2 Å². The Bertz CT molecular complexity index is 723. The lowest BCUT2D eigenvalue weighted by molar-refractivity contribution is 0.309. The van der Waals surface area contributed by atoms with Crippen molar-refractivity contribution in [3.63, 3.8) is 0 Å². The van der Waals surface area contributed by atoms with E-state index in [1.807, 2.05) is 48.5 Å². The molecule has 162 valence electrons. The quantitative estimate of drug-likeness (QED) is 0.251.